The van der Waals surface area contributed by atoms with E-state index in [2.05, 4.69) is 11.4 Å². The number of aliphatic hydroxyl groups is 1. The van der Waals surface area contributed by atoms with Crippen LogP contribution in [-0.4, -0.2) is 18.3 Å². The van der Waals surface area contributed by atoms with E-state index in [0.717, 1.165) is 27.9 Å². The molecule has 0 aliphatic carbocycles. The Morgan fingerprint density at radius 1 is 1.00 bits per heavy atom. The fraction of sp³-hybridized carbons (Fsp3) is 0.250. The van der Waals surface area contributed by atoms with Crippen LogP contribution in [0.4, 0.5) is 5.69 Å². The Hall–Kier alpha value is -3.41. The van der Waals surface area contributed by atoms with Crippen molar-refractivity contribution in [2.24, 2.45) is 0 Å². The van der Waals surface area contributed by atoms with Gasteiger partial charge in [0.25, 0.3) is 0 Å². The van der Waals surface area contributed by atoms with Crippen molar-refractivity contribution in [1.29, 1.82) is 0 Å². The third kappa shape index (κ3) is 3.73. The number of anilines is 1. The summed E-state index contributed by atoms with van der Waals surface area (Å²) in [6.07, 6.45) is 0. The summed E-state index contributed by atoms with van der Waals surface area (Å²) in [7, 11) is 0. The molecular formula is C28H27NO4. The molecule has 0 saturated carbocycles. The van der Waals surface area contributed by atoms with Gasteiger partial charge in [0, 0.05) is 27.9 Å². The molecule has 1 aliphatic heterocycles. The molecular weight excluding hydrogens is 414 g/mol. The maximum Gasteiger partial charge on any atom is 0.196 e. The first-order chi connectivity index (χ1) is 15.9. The standard InChI is InChI=1S/C28H27NO4/c1-17-13-21(19(3)29-24-12-8-7-11-23(24)28(31)15-32-16-28)27-22(14-17)25(30)18(2)26(33-27)20-9-5-4-6-10-20/h4-14,19,29,31H,15-16H2,1-3H3. The fourth-order valence-electron chi connectivity index (χ4n) is 4.53. The Morgan fingerprint density at radius 2 is 1.70 bits per heavy atom. The lowest BCUT2D eigenvalue weighted by Crippen LogP contribution is -2.46. The number of fused-ring (bicyclic) bond motifs is 1. The molecule has 3 aromatic carbocycles. The van der Waals surface area contributed by atoms with E-state index >= 15 is 0 Å². The number of hydrogen-bond donors (Lipinski definition) is 2. The van der Waals surface area contributed by atoms with Crippen LogP contribution in [0.1, 0.15) is 35.2 Å². The number of rotatable bonds is 5. The minimum atomic E-state index is -0.984. The van der Waals surface area contributed by atoms with E-state index in [4.69, 9.17) is 9.15 Å². The molecule has 1 atom stereocenters. The second-order valence-electron chi connectivity index (χ2n) is 8.92. The van der Waals surface area contributed by atoms with Gasteiger partial charge < -0.3 is 19.6 Å². The maximum atomic E-state index is 13.3. The third-order valence-electron chi connectivity index (χ3n) is 6.38. The van der Waals surface area contributed by atoms with Crippen LogP contribution in [-0.2, 0) is 10.3 Å². The number of nitrogens with one attached hydrogen (secondary N) is 1. The molecule has 0 spiro atoms. The molecule has 5 rings (SSSR count). The summed E-state index contributed by atoms with van der Waals surface area (Å²) in [5, 5.41) is 15.0. The van der Waals surface area contributed by atoms with Gasteiger partial charge in [-0.05, 0) is 38.5 Å². The van der Waals surface area contributed by atoms with Crippen molar-refractivity contribution in [3.63, 3.8) is 0 Å². The normalized spacial score (nSPS) is 15.8. The zero-order valence-electron chi connectivity index (χ0n) is 19.0. The van der Waals surface area contributed by atoms with Crippen LogP contribution in [0.3, 0.4) is 0 Å². The molecule has 0 radical (unpaired) electrons. The van der Waals surface area contributed by atoms with E-state index in [0.29, 0.717) is 22.3 Å². The van der Waals surface area contributed by atoms with Gasteiger partial charge in [-0.2, -0.15) is 0 Å². The Morgan fingerprint density at radius 3 is 2.39 bits per heavy atom. The number of para-hydroxylation sites is 1. The number of benzene rings is 3. The molecule has 4 aromatic rings. The van der Waals surface area contributed by atoms with Crippen LogP contribution in [0, 0.1) is 13.8 Å². The summed E-state index contributed by atoms with van der Waals surface area (Å²) in [5.74, 6) is 0.590. The van der Waals surface area contributed by atoms with Crippen LogP contribution in [0.15, 0.2) is 75.9 Å². The van der Waals surface area contributed by atoms with Crippen LogP contribution in [0.5, 0.6) is 0 Å². The Bertz CT molecular complexity index is 1390. The van der Waals surface area contributed by atoms with Gasteiger partial charge in [0.15, 0.2) is 5.43 Å². The minimum absolute atomic E-state index is 0.0198. The van der Waals surface area contributed by atoms with Gasteiger partial charge in [0.05, 0.1) is 24.6 Å². The molecule has 33 heavy (non-hydrogen) atoms. The highest BCUT2D eigenvalue weighted by Gasteiger charge is 2.39. The highest BCUT2D eigenvalue weighted by atomic mass is 16.5. The van der Waals surface area contributed by atoms with Gasteiger partial charge in [-0.25, -0.2) is 0 Å². The largest absolute Gasteiger partial charge is 0.455 e. The molecule has 0 bridgehead atoms. The summed E-state index contributed by atoms with van der Waals surface area (Å²) in [5.41, 5.74) is 4.58. The van der Waals surface area contributed by atoms with Crippen molar-refractivity contribution >= 4 is 16.7 Å². The van der Waals surface area contributed by atoms with Gasteiger partial charge >= 0.3 is 0 Å². The van der Waals surface area contributed by atoms with E-state index < -0.39 is 5.60 Å². The summed E-state index contributed by atoms with van der Waals surface area (Å²) in [4.78, 5) is 13.3. The molecule has 5 nitrogen and oxygen atoms in total. The van der Waals surface area contributed by atoms with Crippen molar-refractivity contribution in [2.45, 2.75) is 32.4 Å². The second kappa shape index (κ2) is 8.18. The number of aryl methyl sites for hydroxylation is 1. The monoisotopic (exact) mass is 441 g/mol. The number of hydrogen-bond acceptors (Lipinski definition) is 5. The lowest BCUT2D eigenvalue weighted by atomic mass is 9.90. The van der Waals surface area contributed by atoms with Crippen LogP contribution in [0.2, 0.25) is 0 Å². The van der Waals surface area contributed by atoms with Crippen molar-refractivity contribution < 1.29 is 14.3 Å². The second-order valence-corrected chi connectivity index (χ2v) is 8.92. The van der Waals surface area contributed by atoms with Gasteiger partial charge in [0.1, 0.15) is 16.9 Å². The average Bonchev–Trinajstić information content (AvgIpc) is 2.80. The lowest BCUT2D eigenvalue weighted by molar-refractivity contribution is -0.184. The van der Waals surface area contributed by atoms with E-state index in [9.17, 15) is 9.90 Å². The molecule has 1 saturated heterocycles. The molecule has 2 heterocycles. The molecule has 2 N–H and O–H groups in total. The average molecular weight is 442 g/mol. The molecule has 1 fully saturated rings. The summed E-state index contributed by atoms with van der Waals surface area (Å²) in [6.45, 7) is 6.39. The minimum Gasteiger partial charge on any atom is -0.455 e. The van der Waals surface area contributed by atoms with Crippen LogP contribution < -0.4 is 10.7 Å². The summed E-state index contributed by atoms with van der Waals surface area (Å²) >= 11 is 0. The lowest BCUT2D eigenvalue weighted by Gasteiger charge is -2.38. The predicted molar refractivity (Wildman–Crippen MR) is 131 cm³/mol. The molecule has 1 aliphatic rings. The summed E-state index contributed by atoms with van der Waals surface area (Å²) < 4.78 is 11.7. The van der Waals surface area contributed by atoms with Crippen molar-refractivity contribution in [3.05, 3.63) is 99.2 Å². The maximum absolute atomic E-state index is 13.3. The Balaban J connectivity index is 1.63. The van der Waals surface area contributed by atoms with Gasteiger partial charge in [-0.1, -0.05) is 54.6 Å². The summed E-state index contributed by atoms with van der Waals surface area (Å²) in [6, 6.07) is 21.2. The highest BCUT2D eigenvalue weighted by Crippen LogP contribution is 2.37. The van der Waals surface area contributed by atoms with E-state index in [1.165, 1.54) is 0 Å². The van der Waals surface area contributed by atoms with Gasteiger partial charge in [0.2, 0.25) is 0 Å². The molecule has 1 unspecified atom stereocenters. The fourth-order valence-corrected chi connectivity index (χ4v) is 4.53. The molecule has 168 valence electrons. The van der Waals surface area contributed by atoms with E-state index in [-0.39, 0.29) is 24.7 Å². The SMILES string of the molecule is Cc1cc(C(C)Nc2ccccc2C2(O)COC2)c2oc(-c3ccccc3)c(C)c(=O)c2c1. The first kappa shape index (κ1) is 21.4. The molecule has 1 aromatic heterocycles. The van der Waals surface area contributed by atoms with Gasteiger partial charge in [-0.3, -0.25) is 4.79 Å². The first-order valence-electron chi connectivity index (χ1n) is 11.2. The predicted octanol–water partition coefficient (Wildman–Crippen LogP) is 5.47. The number of ether oxygens (including phenoxy) is 1. The Labute approximate surface area is 192 Å². The van der Waals surface area contributed by atoms with E-state index in [1.54, 1.807) is 0 Å². The first-order valence-corrected chi connectivity index (χ1v) is 11.2. The van der Waals surface area contributed by atoms with Gasteiger partial charge in [-0.15, -0.1) is 0 Å². The van der Waals surface area contributed by atoms with Crippen molar-refractivity contribution in [2.75, 3.05) is 18.5 Å². The van der Waals surface area contributed by atoms with Crippen LogP contribution >= 0.6 is 0 Å². The molecule has 0 amide bonds. The van der Waals surface area contributed by atoms with Crippen LogP contribution in [0.25, 0.3) is 22.3 Å². The smallest absolute Gasteiger partial charge is 0.196 e. The third-order valence-corrected chi connectivity index (χ3v) is 6.38. The Kier molecular flexibility index (Phi) is 5.31. The molecule has 5 heteroatoms. The zero-order chi connectivity index (χ0) is 23.2. The van der Waals surface area contributed by atoms with Crippen molar-refractivity contribution in [1.82, 2.24) is 0 Å². The van der Waals surface area contributed by atoms with E-state index in [1.807, 2.05) is 81.4 Å². The topological polar surface area (TPSA) is 71.7 Å². The quantitative estimate of drug-likeness (QED) is 0.430. The van der Waals surface area contributed by atoms with Crippen molar-refractivity contribution in [3.8, 4) is 11.3 Å². The highest BCUT2D eigenvalue weighted by molar-refractivity contribution is 5.84. The zero-order valence-corrected chi connectivity index (χ0v) is 19.0.